The second kappa shape index (κ2) is 8.45. The molecule has 3 aromatic rings. The summed E-state index contributed by atoms with van der Waals surface area (Å²) in [6.07, 6.45) is -0.668. The molecule has 3 rings (SSSR count). The average molecular weight is 346 g/mol. The Balaban J connectivity index is 1.89. The number of rotatable bonds is 6. The fraction of sp³-hybridized carbons (Fsp3) is 0.174. The largest absolute Gasteiger partial charge is 0.459 e. The predicted octanol–water partition coefficient (Wildman–Crippen LogP) is 4.40. The Labute approximate surface area is 153 Å². The van der Waals surface area contributed by atoms with Crippen LogP contribution < -0.4 is 0 Å². The molecule has 1 atom stereocenters. The first kappa shape index (κ1) is 17.9. The van der Waals surface area contributed by atoms with Gasteiger partial charge in [-0.3, -0.25) is 0 Å². The zero-order chi connectivity index (χ0) is 18.4. The van der Waals surface area contributed by atoms with Crippen molar-refractivity contribution in [3.8, 4) is 0 Å². The molecule has 3 aromatic carbocycles. The van der Waals surface area contributed by atoms with E-state index in [1.54, 1.807) is 19.1 Å². The van der Waals surface area contributed by atoms with Gasteiger partial charge in [0.1, 0.15) is 6.61 Å². The first-order valence-corrected chi connectivity index (χ1v) is 8.70. The predicted molar refractivity (Wildman–Crippen MR) is 102 cm³/mol. The molecule has 0 aromatic heterocycles. The molecule has 0 unspecified atom stereocenters. The van der Waals surface area contributed by atoms with Gasteiger partial charge in [0.25, 0.3) is 0 Å². The van der Waals surface area contributed by atoms with Crippen LogP contribution in [0.2, 0.25) is 0 Å². The third-order valence-corrected chi connectivity index (χ3v) is 4.20. The van der Waals surface area contributed by atoms with Crippen molar-refractivity contribution in [3.05, 3.63) is 107 Å². The van der Waals surface area contributed by atoms with Gasteiger partial charge in [-0.05, 0) is 35.7 Å². The van der Waals surface area contributed by atoms with Gasteiger partial charge in [0.15, 0.2) is 0 Å². The van der Waals surface area contributed by atoms with E-state index in [1.165, 1.54) is 11.1 Å². The molecule has 0 bridgehead atoms. The SMILES string of the molecule is C[C@H](O)COC(=O)c1ccc(C(c2ccccc2)c2ccccc2)cc1. The van der Waals surface area contributed by atoms with Crippen LogP contribution in [-0.4, -0.2) is 23.8 Å². The van der Waals surface area contributed by atoms with Gasteiger partial charge in [-0.25, -0.2) is 4.79 Å². The summed E-state index contributed by atoms with van der Waals surface area (Å²) in [4.78, 5) is 12.0. The Morgan fingerprint density at radius 2 is 1.27 bits per heavy atom. The van der Waals surface area contributed by atoms with E-state index in [9.17, 15) is 9.90 Å². The van der Waals surface area contributed by atoms with Crippen LogP contribution in [0, 0.1) is 0 Å². The van der Waals surface area contributed by atoms with Crippen LogP contribution >= 0.6 is 0 Å². The van der Waals surface area contributed by atoms with Gasteiger partial charge in [-0.15, -0.1) is 0 Å². The van der Waals surface area contributed by atoms with E-state index in [1.807, 2.05) is 48.5 Å². The highest BCUT2D eigenvalue weighted by Crippen LogP contribution is 2.31. The van der Waals surface area contributed by atoms with E-state index in [0.29, 0.717) is 5.56 Å². The lowest BCUT2D eigenvalue weighted by atomic mass is 9.85. The minimum Gasteiger partial charge on any atom is -0.459 e. The fourth-order valence-corrected chi connectivity index (χ4v) is 2.96. The number of aliphatic hydroxyl groups excluding tert-OH is 1. The summed E-state index contributed by atoms with van der Waals surface area (Å²) in [5.74, 6) is -0.326. The van der Waals surface area contributed by atoms with Crippen LogP contribution in [0.15, 0.2) is 84.9 Å². The van der Waals surface area contributed by atoms with Gasteiger partial charge in [0.2, 0.25) is 0 Å². The lowest BCUT2D eigenvalue weighted by Crippen LogP contribution is -2.15. The summed E-state index contributed by atoms with van der Waals surface area (Å²) < 4.78 is 5.07. The summed E-state index contributed by atoms with van der Waals surface area (Å²) in [7, 11) is 0. The number of benzene rings is 3. The van der Waals surface area contributed by atoms with Gasteiger partial charge in [0, 0.05) is 5.92 Å². The van der Waals surface area contributed by atoms with Crippen LogP contribution in [0.25, 0.3) is 0 Å². The molecule has 26 heavy (non-hydrogen) atoms. The molecule has 3 heteroatoms. The molecule has 1 N–H and O–H groups in total. The number of carbonyl (C=O) groups is 1. The van der Waals surface area contributed by atoms with E-state index in [4.69, 9.17) is 4.74 Å². The number of hydrogen-bond donors (Lipinski definition) is 1. The zero-order valence-electron chi connectivity index (χ0n) is 14.7. The van der Waals surface area contributed by atoms with Crippen LogP contribution in [0.4, 0.5) is 0 Å². The van der Waals surface area contributed by atoms with Crippen molar-refractivity contribution in [2.75, 3.05) is 6.61 Å². The summed E-state index contributed by atoms with van der Waals surface area (Å²) in [5, 5.41) is 9.24. The smallest absolute Gasteiger partial charge is 0.338 e. The van der Waals surface area contributed by atoms with Crippen molar-refractivity contribution in [1.29, 1.82) is 0 Å². The molecule has 0 fully saturated rings. The summed E-state index contributed by atoms with van der Waals surface area (Å²) in [5.41, 5.74) is 3.98. The average Bonchev–Trinajstić information content (AvgIpc) is 2.68. The molecule has 0 aliphatic heterocycles. The quantitative estimate of drug-likeness (QED) is 0.531. The molecule has 0 aliphatic carbocycles. The van der Waals surface area contributed by atoms with Crippen molar-refractivity contribution < 1.29 is 14.6 Å². The first-order chi connectivity index (χ1) is 12.6. The third kappa shape index (κ3) is 4.38. The highest BCUT2D eigenvalue weighted by atomic mass is 16.5. The topological polar surface area (TPSA) is 46.5 Å². The molecule has 0 amide bonds. The highest BCUT2D eigenvalue weighted by Gasteiger charge is 2.17. The maximum absolute atomic E-state index is 12.0. The normalized spacial score (nSPS) is 12.0. The molecule has 0 radical (unpaired) electrons. The summed E-state index contributed by atoms with van der Waals surface area (Å²) in [6.45, 7) is 1.58. The Kier molecular flexibility index (Phi) is 5.82. The van der Waals surface area contributed by atoms with Gasteiger partial charge >= 0.3 is 5.97 Å². The van der Waals surface area contributed by atoms with Crippen LogP contribution in [-0.2, 0) is 4.74 Å². The highest BCUT2D eigenvalue weighted by molar-refractivity contribution is 5.89. The van der Waals surface area contributed by atoms with Crippen molar-refractivity contribution in [3.63, 3.8) is 0 Å². The maximum Gasteiger partial charge on any atom is 0.338 e. The Morgan fingerprint density at radius 3 is 1.73 bits per heavy atom. The Hall–Kier alpha value is -2.91. The molecule has 0 aliphatic rings. The molecule has 3 nitrogen and oxygen atoms in total. The number of esters is 1. The maximum atomic E-state index is 12.0. The first-order valence-electron chi connectivity index (χ1n) is 8.70. The number of hydrogen-bond acceptors (Lipinski definition) is 3. The number of carbonyl (C=O) groups excluding carboxylic acids is 1. The third-order valence-electron chi connectivity index (χ3n) is 4.20. The van der Waals surface area contributed by atoms with Crippen LogP contribution in [0.5, 0.6) is 0 Å². The molecular weight excluding hydrogens is 324 g/mol. The lowest BCUT2D eigenvalue weighted by molar-refractivity contribution is 0.0296. The van der Waals surface area contributed by atoms with E-state index in [-0.39, 0.29) is 12.5 Å². The summed E-state index contributed by atoms with van der Waals surface area (Å²) in [6, 6.07) is 28.1. The lowest BCUT2D eigenvalue weighted by Gasteiger charge is -2.19. The van der Waals surface area contributed by atoms with Crippen molar-refractivity contribution in [2.45, 2.75) is 18.9 Å². The van der Waals surface area contributed by atoms with Crippen LogP contribution in [0.3, 0.4) is 0 Å². The molecule has 0 spiro atoms. The Morgan fingerprint density at radius 1 is 0.808 bits per heavy atom. The summed E-state index contributed by atoms with van der Waals surface area (Å²) >= 11 is 0. The van der Waals surface area contributed by atoms with Crippen LogP contribution in [0.1, 0.15) is 39.9 Å². The second-order valence-electron chi connectivity index (χ2n) is 6.32. The molecule has 132 valence electrons. The fourth-order valence-electron chi connectivity index (χ4n) is 2.96. The minimum atomic E-state index is -0.668. The van der Waals surface area contributed by atoms with E-state index >= 15 is 0 Å². The molecular formula is C23H22O3. The van der Waals surface area contributed by atoms with Gasteiger partial charge in [-0.1, -0.05) is 72.8 Å². The van der Waals surface area contributed by atoms with E-state index < -0.39 is 12.1 Å². The van der Waals surface area contributed by atoms with Crippen molar-refractivity contribution in [2.24, 2.45) is 0 Å². The van der Waals surface area contributed by atoms with Gasteiger partial charge < -0.3 is 9.84 Å². The van der Waals surface area contributed by atoms with Gasteiger partial charge in [0.05, 0.1) is 11.7 Å². The standard InChI is InChI=1S/C23H22O3/c1-17(24)16-26-23(25)21-14-12-20(13-15-21)22(18-8-4-2-5-9-18)19-10-6-3-7-11-19/h2-15,17,22,24H,16H2,1H3/t17-/m0/s1. The van der Waals surface area contributed by atoms with Crippen molar-refractivity contribution >= 4 is 5.97 Å². The van der Waals surface area contributed by atoms with Gasteiger partial charge in [-0.2, -0.15) is 0 Å². The Bertz CT molecular complexity index is 785. The second-order valence-corrected chi connectivity index (χ2v) is 6.32. The monoisotopic (exact) mass is 346 g/mol. The van der Waals surface area contributed by atoms with Crippen molar-refractivity contribution in [1.82, 2.24) is 0 Å². The number of ether oxygens (including phenoxy) is 1. The zero-order valence-corrected chi connectivity index (χ0v) is 14.7. The molecule has 0 saturated heterocycles. The van der Waals surface area contributed by atoms with E-state index in [2.05, 4.69) is 24.3 Å². The van der Waals surface area contributed by atoms with E-state index in [0.717, 1.165) is 5.56 Å². The molecule has 0 heterocycles. The molecule has 0 saturated carbocycles. The minimum absolute atomic E-state index is 0.00274. The number of aliphatic hydroxyl groups is 1.